The van der Waals surface area contributed by atoms with Crippen LogP contribution in [0.2, 0.25) is 5.02 Å². The largest absolute Gasteiger partial charge is 0.398 e. The minimum Gasteiger partial charge on any atom is -0.398 e. The normalized spacial score (nSPS) is 10.8. The van der Waals surface area contributed by atoms with Gasteiger partial charge in [-0.2, -0.15) is 5.10 Å². The zero-order valence-corrected chi connectivity index (χ0v) is 10.7. The van der Waals surface area contributed by atoms with Crippen molar-refractivity contribution in [2.45, 2.75) is 19.8 Å². The summed E-state index contributed by atoms with van der Waals surface area (Å²) in [7, 11) is 1.91. The molecular formula is C12H15ClN4. The lowest BCUT2D eigenvalue weighted by atomic mass is 10.1. The maximum Gasteiger partial charge on any atom is 0.147 e. The molecule has 0 unspecified atom stereocenters. The Morgan fingerprint density at radius 3 is 2.71 bits per heavy atom. The molecule has 0 fully saturated rings. The minimum atomic E-state index is 0.600. The lowest BCUT2D eigenvalue weighted by molar-refractivity contribution is 0.690. The second-order valence-corrected chi connectivity index (χ2v) is 4.46. The second-order valence-electron chi connectivity index (χ2n) is 4.05. The number of benzene rings is 1. The molecule has 1 heterocycles. The molecular weight excluding hydrogens is 236 g/mol. The molecule has 0 bridgehead atoms. The number of nitrogens with zero attached hydrogens (tertiary/aromatic N) is 3. The third kappa shape index (κ3) is 2.77. The molecule has 17 heavy (non-hydrogen) atoms. The van der Waals surface area contributed by atoms with E-state index in [1.165, 1.54) is 0 Å². The molecule has 2 aromatic rings. The van der Waals surface area contributed by atoms with Crippen molar-refractivity contribution in [3.05, 3.63) is 40.4 Å². The lowest BCUT2D eigenvalue weighted by Crippen LogP contribution is -2.02. The molecule has 0 aliphatic carbocycles. The molecule has 0 atom stereocenters. The van der Waals surface area contributed by atoms with Crippen LogP contribution in [0.1, 0.15) is 17.2 Å². The minimum absolute atomic E-state index is 0.600. The Bertz CT molecular complexity index is 533. The summed E-state index contributed by atoms with van der Waals surface area (Å²) in [5, 5.41) is 4.82. The van der Waals surface area contributed by atoms with E-state index in [0.29, 0.717) is 10.7 Å². The SMILES string of the molecule is Cc1nc(CCc2ccc(Cl)c(N)c2)n(C)n1. The van der Waals surface area contributed by atoms with Crippen LogP contribution in [-0.4, -0.2) is 14.8 Å². The van der Waals surface area contributed by atoms with Crippen molar-refractivity contribution in [2.24, 2.45) is 7.05 Å². The van der Waals surface area contributed by atoms with E-state index in [4.69, 9.17) is 17.3 Å². The standard InChI is InChI=1S/C12H15ClN4/c1-8-15-12(17(2)16-8)6-4-9-3-5-10(13)11(14)7-9/h3,5,7H,4,6,14H2,1-2H3. The zero-order chi connectivity index (χ0) is 12.4. The van der Waals surface area contributed by atoms with E-state index in [2.05, 4.69) is 10.1 Å². The van der Waals surface area contributed by atoms with Crippen LogP contribution in [0.4, 0.5) is 5.69 Å². The summed E-state index contributed by atoms with van der Waals surface area (Å²) in [5.74, 6) is 1.79. The number of nitrogen functional groups attached to an aromatic ring is 1. The van der Waals surface area contributed by atoms with Crippen LogP contribution in [0.25, 0.3) is 0 Å². The Labute approximate surface area is 105 Å². The summed E-state index contributed by atoms with van der Waals surface area (Å²) in [6, 6.07) is 5.72. The third-order valence-electron chi connectivity index (χ3n) is 2.66. The first kappa shape index (κ1) is 11.9. The van der Waals surface area contributed by atoms with Crippen molar-refractivity contribution in [1.82, 2.24) is 14.8 Å². The average molecular weight is 251 g/mol. The summed E-state index contributed by atoms with van der Waals surface area (Å²) in [6.07, 6.45) is 1.73. The molecule has 1 aromatic heterocycles. The Balaban J connectivity index is 2.07. The van der Waals surface area contributed by atoms with Gasteiger partial charge in [0.15, 0.2) is 0 Å². The van der Waals surface area contributed by atoms with E-state index in [0.717, 1.165) is 30.1 Å². The van der Waals surface area contributed by atoms with Gasteiger partial charge in [-0.3, -0.25) is 4.68 Å². The number of aryl methyl sites for hydroxylation is 4. The zero-order valence-electron chi connectivity index (χ0n) is 9.94. The first-order valence-electron chi connectivity index (χ1n) is 5.46. The first-order chi connectivity index (χ1) is 8.06. The van der Waals surface area contributed by atoms with E-state index in [9.17, 15) is 0 Å². The van der Waals surface area contributed by atoms with Crippen molar-refractivity contribution in [3.63, 3.8) is 0 Å². The van der Waals surface area contributed by atoms with Gasteiger partial charge in [0.1, 0.15) is 11.6 Å². The molecule has 0 aliphatic rings. The van der Waals surface area contributed by atoms with Crippen molar-refractivity contribution >= 4 is 17.3 Å². The van der Waals surface area contributed by atoms with Gasteiger partial charge in [-0.05, 0) is 31.0 Å². The van der Waals surface area contributed by atoms with Gasteiger partial charge >= 0.3 is 0 Å². The van der Waals surface area contributed by atoms with Gasteiger partial charge in [-0.1, -0.05) is 17.7 Å². The summed E-state index contributed by atoms with van der Waals surface area (Å²) in [5.41, 5.74) is 7.54. The van der Waals surface area contributed by atoms with Crippen LogP contribution in [0.15, 0.2) is 18.2 Å². The summed E-state index contributed by atoms with van der Waals surface area (Å²) >= 11 is 5.87. The predicted molar refractivity (Wildman–Crippen MR) is 69.0 cm³/mol. The number of anilines is 1. The van der Waals surface area contributed by atoms with Crippen LogP contribution in [0.3, 0.4) is 0 Å². The van der Waals surface area contributed by atoms with Crippen molar-refractivity contribution in [1.29, 1.82) is 0 Å². The molecule has 1 aromatic carbocycles. The number of rotatable bonds is 3. The van der Waals surface area contributed by atoms with Crippen LogP contribution >= 0.6 is 11.6 Å². The van der Waals surface area contributed by atoms with Gasteiger partial charge in [-0.15, -0.1) is 0 Å². The van der Waals surface area contributed by atoms with E-state index in [-0.39, 0.29) is 0 Å². The van der Waals surface area contributed by atoms with Crippen LogP contribution in [0.5, 0.6) is 0 Å². The summed E-state index contributed by atoms with van der Waals surface area (Å²) in [4.78, 5) is 4.36. The van der Waals surface area contributed by atoms with Crippen molar-refractivity contribution < 1.29 is 0 Å². The summed E-state index contributed by atoms with van der Waals surface area (Å²) < 4.78 is 1.81. The van der Waals surface area contributed by atoms with E-state index in [1.807, 2.05) is 36.9 Å². The number of hydrogen-bond acceptors (Lipinski definition) is 3. The molecule has 2 N–H and O–H groups in total. The molecule has 0 spiro atoms. The Kier molecular flexibility index (Phi) is 3.33. The van der Waals surface area contributed by atoms with Gasteiger partial charge in [0.25, 0.3) is 0 Å². The average Bonchev–Trinajstić information content (AvgIpc) is 2.59. The highest BCUT2D eigenvalue weighted by atomic mass is 35.5. The highest BCUT2D eigenvalue weighted by Gasteiger charge is 2.05. The molecule has 0 saturated carbocycles. The first-order valence-corrected chi connectivity index (χ1v) is 5.84. The Morgan fingerprint density at radius 1 is 1.35 bits per heavy atom. The van der Waals surface area contributed by atoms with Gasteiger partial charge in [-0.25, -0.2) is 4.98 Å². The maximum atomic E-state index is 5.87. The van der Waals surface area contributed by atoms with Gasteiger partial charge < -0.3 is 5.73 Å². The molecule has 0 saturated heterocycles. The maximum absolute atomic E-state index is 5.87. The fourth-order valence-corrected chi connectivity index (χ4v) is 1.90. The highest BCUT2D eigenvalue weighted by molar-refractivity contribution is 6.33. The molecule has 0 radical (unpaired) electrons. The lowest BCUT2D eigenvalue weighted by Gasteiger charge is -2.04. The molecule has 0 aliphatic heterocycles. The van der Waals surface area contributed by atoms with Crippen LogP contribution in [0, 0.1) is 6.92 Å². The fourth-order valence-electron chi connectivity index (χ4n) is 1.78. The predicted octanol–water partition coefficient (Wildman–Crippen LogP) is 2.14. The topological polar surface area (TPSA) is 56.7 Å². The number of nitrogens with two attached hydrogens (primary N) is 1. The number of halogens is 1. The fraction of sp³-hybridized carbons (Fsp3) is 0.333. The molecule has 5 heteroatoms. The monoisotopic (exact) mass is 250 g/mol. The van der Waals surface area contributed by atoms with Gasteiger partial charge in [0.2, 0.25) is 0 Å². The summed E-state index contributed by atoms with van der Waals surface area (Å²) in [6.45, 7) is 1.89. The second kappa shape index (κ2) is 4.75. The Hall–Kier alpha value is -1.55. The van der Waals surface area contributed by atoms with Crippen LogP contribution < -0.4 is 5.73 Å². The van der Waals surface area contributed by atoms with Gasteiger partial charge in [0.05, 0.1) is 10.7 Å². The number of hydrogen-bond donors (Lipinski definition) is 1. The quantitative estimate of drug-likeness (QED) is 0.850. The van der Waals surface area contributed by atoms with Crippen molar-refractivity contribution in [2.75, 3.05) is 5.73 Å². The van der Waals surface area contributed by atoms with E-state index >= 15 is 0 Å². The van der Waals surface area contributed by atoms with E-state index < -0.39 is 0 Å². The molecule has 0 amide bonds. The number of aromatic nitrogens is 3. The highest BCUT2D eigenvalue weighted by Crippen LogP contribution is 2.20. The van der Waals surface area contributed by atoms with Gasteiger partial charge in [0, 0.05) is 13.5 Å². The molecule has 2 rings (SSSR count). The van der Waals surface area contributed by atoms with Crippen molar-refractivity contribution in [3.8, 4) is 0 Å². The Morgan fingerprint density at radius 2 is 2.12 bits per heavy atom. The van der Waals surface area contributed by atoms with Crippen LogP contribution in [-0.2, 0) is 19.9 Å². The van der Waals surface area contributed by atoms with E-state index in [1.54, 1.807) is 0 Å². The molecule has 4 nitrogen and oxygen atoms in total. The molecule has 90 valence electrons. The third-order valence-corrected chi connectivity index (χ3v) is 3.00. The smallest absolute Gasteiger partial charge is 0.147 e.